The van der Waals surface area contributed by atoms with Gasteiger partial charge in [0, 0.05) is 11.3 Å². The van der Waals surface area contributed by atoms with Crippen LogP contribution >= 0.6 is 11.8 Å². The average molecular weight is 314 g/mol. The molecule has 0 spiro atoms. The maximum absolute atomic E-state index is 11.7. The number of carbonyl (C=O) groups is 1. The van der Waals surface area contributed by atoms with Gasteiger partial charge in [0.2, 0.25) is 0 Å². The van der Waals surface area contributed by atoms with Gasteiger partial charge in [-0.15, -0.1) is 5.10 Å². The smallest absolute Gasteiger partial charge is 0.344 e. The molecule has 1 fully saturated rings. The van der Waals surface area contributed by atoms with Crippen LogP contribution in [-0.2, 0) is 4.79 Å². The predicted octanol–water partition coefficient (Wildman–Crippen LogP) is 1.23. The van der Waals surface area contributed by atoms with Crippen molar-refractivity contribution in [3.05, 3.63) is 10.5 Å². The molecule has 7 nitrogen and oxygen atoms in total. The van der Waals surface area contributed by atoms with Crippen molar-refractivity contribution >= 4 is 17.7 Å². The SMILES string of the molecule is CCNC(C)(CC(C)Sc1n[nH]c(=O)n1C1CC1)C(=O)O. The summed E-state index contributed by atoms with van der Waals surface area (Å²) < 4.78 is 1.69. The van der Waals surface area contributed by atoms with Gasteiger partial charge >= 0.3 is 11.7 Å². The second kappa shape index (κ2) is 6.23. The number of hydrogen-bond donors (Lipinski definition) is 3. The molecular weight excluding hydrogens is 292 g/mol. The molecule has 2 atom stereocenters. The van der Waals surface area contributed by atoms with Crippen LogP contribution in [0.5, 0.6) is 0 Å². The lowest BCUT2D eigenvalue weighted by Crippen LogP contribution is -2.50. The van der Waals surface area contributed by atoms with E-state index in [9.17, 15) is 14.7 Å². The van der Waals surface area contributed by atoms with Gasteiger partial charge in [0.25, 0.3) is 0 Å². The monoisotopic (exact) mass is 314 g/mol. The third-order valence-corrected chi connectivity index (χ3v) is 4.69. The zero-order chi connectivity index (χ0) is 15.6. The first-order chi connectivity index (χ1) is 9.87. The number of carboxylic acid groups (broad SMARTS) is 1. The van der Waals surface area contributed by atoms with Gasteiger partial charge in [-0.25, -0.2) is 9.89 Å². The van der Waals surface area contributed by atoms with Crippen LogP contribution in [0, 0.1) is 0 Å². The molecule has 1 aromatic rings. The second-order valence-corrected chi connectivity index (χ2v) is 7.12. The lowest BCUT2D eigenvalue weighted by Gasteiger charge is -2.28. The fourth-order valence-corrected chi connectivity index (χ4v) is 3.67. The molecule has 2 unspecified atom stereocenters. The maximum Gasteiger partial charge on any atom is 0.344 e. The average Bonchev–Trinajstić information content (AvgIpc) is 3.15. The van der Waals surface area contributed by atoms with Crippen molar-refractivity contribution in [2.24, 2.45) is 0 Å². The van der Waals surface area contributed by atoms with Crippen LogP contribution in [0.3, 0.4) is 0 Å². The molecule has 0 bridgehead atoms. The summed E-state index contributed by atoms with van der Waals surface area (Å²) in [5, 5.41) is 19.6. The van der Waals surface area contributed by atoms with Gasteiger partial charge in [0.1, 0.15) is 5.54 Å². The topological polar surface area (TPSA) is 100 Å². The molecule has 0 aromatic carbocycles. The molecule has 0 radical (unpaired) electrons. The first-order valence-electron chi connectivity index (χ1n) is 7.19. The van der Waals surface area contributed by atoms with E-state index in [0.717, 1.165) is 12.8 Å². The number of hydrogen-bond acceptors (Lipinski definition) is 5. The Balaban J connectivity index is 2.06. The lowest BCUT2D eigenvalue weighted by molar-refractivity contribution is -0.144. The summed E-state index contributed by atoms with van der Waals surface area (Å²) >= 11 is 1.45. The van der Waals surface area contributed by atoms with Crippen molar-refractivity contribution in [1.29, 1.82) is 0 Å². The van der Waals surface area contributed by atoms with Crippen LogP contribution in [0.2, 0.25) is 0 Å². The van der Waals surface area contributed by atoms with Gasteiger partial charge in [-0.2, -0.15) is 0 Å². The van der Waals surface area contributed by atoms with E-state index in [1.807, 2.05) is 13.8 Å². The minimum atomic E-state index is -0.970. The summed E-state index contributed by atoms with van der Waals surface area (Å²) in [6.45, 7) is 6.13. The molecule has 3 N–H and O–H groups in total. The molecule has 2 rings (SSSR count). The van der Waals surface area contributed by atoms with Crippen LogP contribution in [0.15, 0.2) is 9.95 Å². The third-order valence-electron chi connectivity index (χ3n) is 3.63. The Bertz CT molecular complexity index is 566. The molecule has 21 heavy (non-hydrogen) atoms. The molecule has 118 valence electrons. The Kier molecular flexibility index (Phi) is 4.77. The number of aromatic nitrogens is 3. The van der Waals surface area contributed by atoms with Crippen molar-refractivity contribution in [3.8, 4) is 0 Å². The van der Waals surface area contributed by atoms with E-state index >= 15 is 0 Å². The van der Waals surface area contributed by atoms with Gasteiger partial charge in [0.15, 0.2) is 5.16 Å². The molecule has 1 aliphatic carbocycles. The van der Waals surface area contributed by atoms with Gasteiger partial charge < -0.3 is 10.4 Å². The molecule has 1 aromatic heterocycles. The number of aliphatic carboxylic acids is 1. The Labute approximate surface area is 127 Å². The Morgan fingerprint density at radius 2 is 2.33 bits per heavy atom. The molecular formula is C13H22N4O3S. The molecule has 1 saturated carbocycles. The van der Waals surface area contributed by atoms with Crippen LogP contribution in [-0.4, -0.2) is 43.2 Å². The zero-order valence-electron chi connectivity index (χ0n) is 12.5. The number of rotatable bonds is 8. The first-order valence-corrected chi connectivity index (χ1v) is 8.07. The largest absolute Gasteiger partial charge is 0.480 e. The number of thioether (sulfide) groups is 1. The maximum atomic E-state index is 11.7. The highest BCUT2D eigenvalue weighted by Crippen LogP contribution is 2.37. The molecule has 8 heteroatoms. The van der Waals surface area contributed by atoms with E-state index in [-0.39, 0.29) is 17.0 Å². The normalized spacial score (nSPS) is 19.2. The van der Waals surface area contributed by atoms with Crippen molar-refractivity contribution in [3.63, 3.8) is 0 Å². The van der Waals surface area contributed by atoms with Gasteiger partial charge in [-0.05, 0) is 32.7 Å². The highest BCUT2D eigenvalue weighted by molar-refractivity contribution is 7.99. The highest BCUT2D eigenvalue weighted by Gasteiger charge is 2.35. The van der Waals surface area contributed by atoms with Crippen LogP contribution < -0.4 is 11.0 Å². The molecule has 0 saturated heterocycles. The predicted molar refractivity (Wildman–Crippen MR) is 80.8 cm³/mol. The highest BCUT2D eigenvalue weighted by atomic mass is 32.2. The summed E-state index contributed by atoms with van der Waals surface area (Å²) in [4.78, 5) is 23.2. The van der Waals surface area contributed by atoms with Gasteiger partial charge in [-0.3, -0.25) is 9.36 Å². The third kappa shape index (κ3) is 3.68. The molecule has 1 aliphatic rings. The van der Waals surface area contributed by atoms with Crippen LogP contribution in [0.4, 0.5) is 0 Å². The standard InChI is InChI=1S/C13H22N4O3S/c1-4-14-13(3,10(18)19)7-8(2)21-12-16-15-11(20)17(12)9-5-6-9/h8-9,14H,4-7H2,1-3H3,(H,15,20)(H,18,19). The number of nitrogens with one attached hydrogen (secondary N) is 2. The van der Waals surface area contributed by atoms with Crippen LogP contribution in [0.1, 0.15) is 46.1 Å². The van der Waals surface area contributed by atoms with Crippen molar-refractivity contribution < 1.29 is 9.90 Å². The fraction of sp³-hybridized carbons (Fsp3) is 0.769. The Hall–Kier alpha value is -1.28. The molecule has 0 aliphatic heterocycles. The van der Waals surface area contributed by atoms with E-state index in [1.54, 1.807) is 11.5 Å². The summed E-state index contributed by atoms with van der Waals surface area (Å²) in [7, 11) is 0. The van der Waals surface area contributed by atoms with Crippen LogP contribution in [0.25, 0.3) is 0 Å². The Morgan fingerprint density at radius 3 is 2.86 bits per heavy atom. The summed E-state index contributed by atoms with van der Waals surface area (Å²) in [6, 6.07) is 0.255. The minimum Gasteiger partial charge on any atom is -0.480 e. The number of nitrogens with zero attached hydrogens (tertiary/aromatic N) is 2. The number of likely N-dealkylation sites (N-methyl/N-ethyl adjacent to an activating group) is 1. The summed E-state index contributed by atoms with van der Waals surface area (Å²) in [6.07, 6.45) is 2.46. The van der Waals surface area contributed by atoms with Crippen molar-refractivity contribution in [1.82, 2.24) is 20.1 Å². The quantitative estimate of drug-likeness (QED) is 0.624. The molecule has 0 amide bonds. The van der Waals surface area contributed by atoms with E-state index in [4.69, 9.17) is 0 Å². The van der Waals surface area contributed by atoms with E-state index in [2.05, 4.69) is 15.5 Å². The number of aromatic amines is 1. The van der Waals surface area contributed by atoms with E-state index in [1.165, 1.54) is 11.8 Å². The number of H-pyrrole nitrogens is 1. The van der Waals surface area contributed by atoms with Crippen molar-refractivity contribution in [2.45, 2.75) is 62.0 Å². The van der Waals surface area contributed by atoms with E-state index in [0.29, 0.717) is 18.1 Å². The Morgan fingerprint density at radius 1 is 1.67 bits per heavy atom. The minimum absolute atomic E-state index is 0.0258. The van der Waals surface area contributed by atoms with Gasteiger partial charge in [0.05, 0.1) is 0 Å². The fourth-order valence-electron chi connectivity index (χ4n) is 2.45. The first kappa shape index (κ1) is 16.1. The van der Waals surface area contributed by atoms with Gasteiger partial charge in [-0.1, -0.05) is 25.6 Å². The lowest BCUT2D eigenvalue weighted by atomic mass is 9.96. The zero-order valence-corrected chi connectivity index (χ0v) is 13.4. The molecule has 1 heterocycles. The summed E-state index contributed by atoms with van der Waals surface area (Å²) in [5.41, 5.74) is -1.15. The second-order valence-electron chi connectivity index (χ2n) is 5.71. The summed E-state index contributed by atoms with van der Waals surface area (Å²) in [5.74, 6) is -0.863. The van der Waals surface area contributed by atoms with E-state index < -0.39 is 11.5 Å². The number of carboxylic acids is 1. The van der Waals surface area contributed by atoms with Crippen molar-refractivity contribution in [2.75, 3.05) is 6.54 Å².